The first-order valence-electron chi connectivity index (χ1n) is 3.69. The second kappa shape index (κ2) is 4.54. The van der Waals surface area contributed by atoms with Crippen molar-refractivity contribution in [2.45, 2.75) is 0 Å². The summed E-state index contributed by atoms with van der Waals surface area (Å²) in [6, 6.07) is 0. The number of carbonyl (C=O) groups is 2. The maximum atomic E-state index is 11.1. The maximum Gasteiger partial charge on any atom is 0.224 e. The van der Waals surface area contributed by atoms with Crippen LogP contribution in [-0.4, -0.2) is 35.4 Å². The van der Waals surface area contributed by atoms with Gasteiger partial charge in [0.1, 0.15) is 0 Å². The van der Waals surface area contributed by atoms with Gasteiger partial charge in [-0.05, 0) is 12.2 Å². The summed E-state index contributed by atoms with van der Waals surface area (Å²) in [4.78, 5) is 22.2. The number of hydrogen-bond acceptors (Lipinski definition) is 6. The van der Waals surface area contributed by atoms with Crippen molar-refractivity contribution < 1.29 is 29.3 Å². The van der Waals surface area contributed by atoms with E-state index in [1.165, 1.54) is 0 Å². The molecule has 0 atom stereocenters. The van der Waals surface area contributed by atoms with E-state index in [-0.39, 0.29) is 0 Å². The average Bonchev–Trinajstić information content (AvgIpc) is 2.17. The quantitative estimate of drug-likeness (QED) is 0.439. The van der Waals surface area contributed by atoms with E-state index in [2.05, 4.69) is 9.47 Å². The molecule has 0 bridgehead atoms. The first kappa shape index (κ1) is 10.4. The smallest absolute Gasteiger partial charge is 0.224 e. The molecule has 1 aliphatic carbocycles. The Morgan fingerprint density at radius 2 is 1.29 bits per heavy atom. The number of ketones is 2. The third-order valence-electron chi connectivity index (χ3n) is 1.46. The molecule has 6 nitrogen and oxygen atoms in total. The van der Waals surface area contributed by atoms with Gasteiger partial charge in [-0.2, -0.15) is 0 Å². The number of aliphatic hydroxyl groups is 2. The molecule has 0 unspecified atom stereocenters. The molecule has 0 aromatic carbocycles. The number of aliphatic hydroxyl groups excluding tert-OH is 2. The Kier molecular flexibility index (Phi) is 3.38. The Labute approximate surface area is 79.0 Å². The fraction of sp³-hybridized carbons (Fsp3) is 0.250. The topological polar surface area (TPSA) is 93.1 Å². The molecule has 0 amide bonds. The normalized spacial score (nSPS) is 16.1. The first-order valence-corrected chi connectivity index (χ1v) is 3.69. The lowest BCUT2D eigenvalue weighted by Gasteiger charge is -2.13. The Morgan fingerprint density at radius 3 is 1.57 bits per heavy atom. The minimum atomic E-state index is -0.750. The van der Waals surface area contributed by atoms with Crippen molar-refractivity contribution in [1.29, 1.82) is 0 Å². The number of rotatable bonds is 4. The highest BCUT2D eigenvalue weighted by Gasteiger charge is 2.25. The van der Waals surface area contributed by atoms with Crippen LogP contribution >= 0.6 is 0 Å². The highest BCUT2D eigenvalue weighted by atomic mass is 16.6. The summed E-state index contributed by atoms with van der Waals surface area (Å²) in [5.74, 6) is -1.98. The van der Waals surface area contributed by atoms with Gasteiger partial charge in [0.2, 0.25) is 23.1 Å². The Morgan fingerprint density at radius 1 is 0.929 bits per heavy atom. The monoisotopic (exact) mass is 200 g/mol. The predicted octanol–water partition coefficient (Wildman–Crippen LogP) is -1.16. The fourth-order valence-electron chi connectivity index (χ4n) is 0.929. The highest BCUT2D eigenvalue weighted by molar-refractivity contribution is 6.18. The van der Waals surface area contributed by atoms with Gasteiger partial charge in [-0.1, -0.05) is 0 Å². The summed E-state index contributed by atoms with van der Waals surface area (Å²) >= 11 is 0. The molecule has 0 aromatic rings. The molecule has 1 rings (SSSR count). The zero-order valence-electron chi connectivity index (χ0n) is 7.10. The lowest BCUT2D eigenvalue weighted by Crippen LogP contribution is -2.19. The molecule has 0 fully saturated rings. The fourth-order valence-corrected chi connectivity index (χ4v) is 0.929. The van der Waals surface area contributed by atoms with Crippen molar-refractivity contribution in [2.24, 2.45) is 0 Å². The van der Waals surface area contributed by atoms with E-state index in [1.807, 2.05) is 0 Å². The van der Waals surface area contributed by atoms with E-state index in [9.17, 15) is 9.59 Å². The minimum absolute atomic E-state index is 0.394. The van der Waals surface area contributed by atoms with Crippen LogP contribution in [0.3, 0.4) is 0 Å². The Bertz CT molecular complexity index is 284. The zero-order chi connectivity index (χ0) is 10.6. The van der Waals surface area contributed by atoms with Crippen LogP contribution in [0.15, 0.2) is 23.7 Å². The van der Waals surface area contributed by atoms with Crippen LogP contribution < -0.4 is 0 Å². The van der Waals surface area contributed by atoms with E-state index in [4.69, 9.17) is 10.2 Å². The van der Waals surface area contributed by atoms with Crippen LogP contribution in [0.1, 0.15) is 0 Å². The van der Waals surface area contributed by atoms with E-state index in [0.717, 1.165) is 12.2 Å². The standard InChI is InChI=1S/C8H8O6/c9-3-13-7-5(11)1-2-6(12)8(7)14-4-10/h1-2,9-10H,3-4H2. The van der Waals surface area contributed by atoms with Gasteiger partial charge in [-0.3, -0.25) is 9.59 Å². The summed E-state index contributed by atoms with van der Waals surface area (Å²) in [6.07, 6.45) is 2.00. The summed E-state index contributed by atoms with van der Waals surface area (Å²) < 4.78 is 9.02. The van der Waals surface area contributed by atoms with Crippen LogP contribution in [0.5, 0.6) is 0 Å². The molecule has 6 heteroatoms. The Balaban J connectivity index is 2.99. The summed E-state index contributed by atoms with van der Waals surface area (Å²) in [7, 11) is 0. The summed E-state index contributed by atoms with van der Waals surface area (Å²) in [5.41, 5.74) is 0. The first-order chi connectivity index (χ1) is 6.70. The van der Waals surface area contributed by atoms with Gasteiger partial charge in [0.25, 0.3) is 0 Å². The van der Waals surface area contributed by atoms with E-state index >= 15 is 0 Å². The van der Waals surface area contributed by atoms with Crippen molar-refractivity contribution in [3.05, 3.63) is 23.7 Å². The molecule has 0 aromatic heterocycles. The van der Waals surface area contributed by atoms with Gasteiger partial charge >= 0.3 is 0 Å². The SMILES string of the molecule is O=C1C=CC(=O)C(OCO)=C1OCO. The van der Waals surface area contributed by atoms with Crippen molar-refractivity contribution >= 4 is 11.6 Å². The molecule has 0 spiro atoms. The molecular formula is C8H8O6. The number of ether oxygens (including phenoxy) is 2. The van der Waals surface area contributed by atoms with Gasteiger partial charge in [0, 0.05) is 0 Å². The third kappa shape index (κ3) is 1.98. The number of carbonyl (C=O) groups excluding carboxylic acids is 2. The maximum absolute atomic E-state index is 11.1. The van der Waals surface area contributed by atoms with Crippen LogP contribution in [0.25, 0.3) is 0 Å². The molecule has 0 aliphatic heterocycles. The summed E-state index contributed by atoms with van der Waals surface area (Å²) in [5, 5.41) is 16.9. The number of hydrogen-bond donors (Lipinski definition) is 2. The van der Waals surface area contributed by atoms with Crippen molar-refractivity contribution in [3.63, 3.8) is 0 Å². The molecule has 2 N–H and O–H groups in total. The molecule has 76 valence electrons. The summed E-state index contributed by atoms with van der Waals surface area (Å²) in [6.45, 7) is -1.50. The Hall–Kier alpha value is -1.66. The predicted molar refractivity (Wildman–Crippen MR) is 42.5 cm³/mol. The zero-order valence-corrected chi connectivity index (χ0v) is 7.10. The molecule has 0 saturated carbocycles. The van der Waals surface area contributed by atoms with Gasteiger partial charge in [-0.25, -0.2) is 0 Å². The van der Waals surface area contributed by atoms with Crippen LogP contribution in [0, 0.1) is 0 Å². The molecule has 0 radical (unpaired) electrons. The van der Waals surface area contributed by atoms with E-state index < -0.39 is 36.7 Å². The highest BCUT2D eigenvalue weighted by Crippen LogP contribution is 2.16. The second-order valence-corrected chi connectivity index (χ2v) is 2.27. The third-order valence-corrected chi connectivity index (χ3v) is 1.46. The van der Waals surface area contributed by atoms with Crippen molar-refractivity contribution in [2.75, 3.05) is 13.6 Å². The molecule has 14 heavy (non-hydrogen) atoms. The van der Waals surface area contributed by atoms with Crippen LogP contribution in [-0.2, 0) is 19.1 Å². The van der Waals surface area contributed by atoms with Gasteiger partial charge in [0.15, 0.2) is 13.6 Å². The van der Waals surface area contributed by atoms with E-state index in [0.29, 0.717) is 0 Å². The number of allylic oxidation sites excluding steroid dienone is 2. The largest absolute Gasteiger partial charge is 0.460 e. The lowest BCUT2D eigenvalue weighted by atomic mass is 10.1. The van der Waals surface area contributed by atoms with Gasteiger partial charge < -0.3 is 19.7 Å². The van der Waals surface area contributed by atoms with E-state index in [1.54, 1.807) is 0 Å². The average molecular weight is 200 g/mol. The van der Waals surface area contributed by atoms with Crippen molar-refractivity contribution in [1.82, 2.24) is 0 Å². The molecule has 0 saturated heterocycles. The molecular weight excluding hydrogens is 192 g/mol. The minimum Gasteiger partial charge on any atom is -0.460 e. The molecule has 1 aliphatic rings. The van der Waals surface area contributed by atoms with Gasteiger partial charge in [0.05, 0.1) is 0 Å². The lowest BCUT2D eigenvalue weighted by molar-refractivity contribution is -0.123. The van der Waals surface area contributed by atoms with Crippen LogP contribution in [0.4, 0.5) is 0 Å². The molecule has 0 heterocycles. The van der Waals surface area contributed by atoms with Crippen molar-refractivity contribution in [3.8, 4) is 0 Å². The van der Waals surface area contributed by atoms with Crippen LogP contribution in [0.2, 0.25) is 0 Å². The second-order valence-electron chi connectivity index (χ2n) is 2.27. The van der Waals surface area contributed by atoms with Gasteiger partial charge in [-0.15, -0.1) is 0 Å².